The fourth-order valence-electron chi connectivity index (χ4n) is 2.00. The Balaban J connectivity index is 2.80. The van der Waals surface area contributed by atoms with Gasteiger partial charge >= 0.3 is 0 Å². The number of hydrogen-bond donors (Lipinski definition) is 3. The molecule has 1 aromatic rings. The number of aliphatic hydroxyl groups is 1. The normalized spacial score (nSPS) is 14.1. The molecule has 0 saturated heterocycles. The third-order valence-electron chi connectivity index (χ3n) is 3.55. The summed E-state index contributed by atoms with van der Waals surface area (Å²) >= 11 is 0. The zero-order valence-corrected chi connectivity index (χ0v) is 14.7. The summed E-state index contributed by atoms with van der Waals surface area (Å²) in [6.07, 6.45) is 0.296. The third kappa shape index (κ3) is 5.98. The van der Waals surface area contributed by atoms with Crippen molar-refractivity contribution in [2.24, 2.45) is 4.99 Å². The van der Waals surface area contributed by atoms with Gasteiger partial charge in [-0.3, -0.25) is 4.99 Å². The monoisotopic (exact) mass is 323 g/mol. The van der Waals surface area contributed by atoms with Crippen molar-refractivity contribution in [1.29, 1.82) is 0 Å². The minimum Gasteiger partial charge on any atom is -0.493 e. The van der Waals surface area contributed by atoms with Gasteiger partial charge in [0.25, 0.3) is 0 Å². The molecule has 0 aromatic heterocycles. The van der Waals surface area contributed by atoms with Crippen molar-refractivity contribution in [3.05, 3.63) is 23.8 Å². The van der Waals surface area contributed by atoms with Gasteiger partial charge < -0.3 is 25.2 Å². The molecule has 1 rings (SSSR count). The van der Waals surface area contributed by atoms with Gasteiger partial charge in [0, 0.05) is 12.6 Å². The number of rotatable bonds is 8. The number of nitrogens with one attached hydrogen (secondary N) is 2. The Morgan fingerprint density at radius 3 is 2.48 bits per heavy atom. The first-order chi connectivity index (χ1) is 11.0. The van der Waals surface area contributed by atoms with Crippen LogP contribution in [0.25, 0.3) is 0 Å². The Morgan fingerprint density at radius 2 is 1.91 bits per heavy atom. The summed E-state index contributed by atoms with van der Waals surface area (Å²) in [6.45, 7) is 7.26. The highest BCUT2D eigenvalue weighted by Gasteiger charge is 2.12. The topological polar surface area (TPSA) is 75.1 Å². The fraction of sp³-hybridized carbons (Fsp3) is 0.588. The highest BCUT2D eigenvalue weighted by molar-refractivity contribution is 5.80. The second-order valence-corrected chi connectivity index (χ2v) is 5.30. The van der Waals surface area contributed by atoms with Gasteiger partial charge in [-0.25, -0.2) is 0 Å². The van der Waals surface area contributed by atoms with Crippen LogP contribution >= 0.6 is 0 Å². The van der Waals surface area contributed by atoms with Gasteiger partial charge in [-0.05, 0) is 38.0 Å². The number of nitrogens with zero attached hydrogens (tertiary/aromatic N) is 1. The molecular weight excluding hydrogens is 294 g/mol. The molecule has 0 aliphatic rings. The SMILES string of the molecule is CCNC(=NCC(O)c1ccc(OC)c(OC)c1)NC(C)CC. The Bertz CT molecular complexity index is 506. The molecule has 6 heteroatoms. The minimum atomic E-state index is -0.706. The van der Waals surface area contributed by atoms with Gasteiger partial charge in [-0.2, -0.15) is 0 Å². The highest BCUT2D eigenvalue weighted by atomic mass is 16.5. The van der Waals surface area contributed by atoms with Gasteiger partial charge in [0.15, 0.2) is 17.5 Å². The van der Waals surface area contributed by atoms with Crippen LogP contribution in [0.3, 0.4) is 0 Å². The molecule has 0 saturated carbocycles. The zero-order chi connectivity index (χ0) is 17.2. The van der Waals surface area contributed by atoms with Crippen molar-refractivity contribution >= 4 is 5.96 Å². The number of ether oxygens (including phenoxy) is 2. The largest absolute Gasteiger partial charge is 0.493 e. The summed E-state index contributed by atoms with van der Waals surface area (Å²) < 4.78 is 10.5. The van der Waals surface area contributed by atoms with E-state index in [0.717, 1.165) is 18.5 Å². The van der Waals surface area contributed by atoms with E-state index in [9.17, 15) is 5.11 Å². The molecule has 0 radical (unpaired) electrons. The molecular formula is C17H29N3O3. The van der Waals surface area contributed by atoms with E-state index in [4.69, 9.17) is 9.47 Å². The predicted octanol–water partition coefficient (Wildman–Crippen LogP) is 2.09. The Morgan fingerprint density at radius 1 is 1.22 bits per heavy atom. The summed E-state index contributed by atoms with van der Waals surface area (Å²) in [4.78, 5) is 4.45. The third-order valence-corrected chi connectivity index (χ3v) is 3.55. The summed E-state index contributed by atoms with van der Waals surface area (Å²) in [6, 6.07) is 5.69. The summed E-state index contributed by atoms with van der Waals surface area (Å²) in [5, 5.41) is 16.8. The van der Waals surface area contributed by atoms with Crippen molar-refractivity contribution in [3.8, 4) is 11.5 Å². The minimum absolute atomic E-state index is 0.265. The molecule has 0 bridgehead atoms. The smallest absolute Gasteiger partial charge is 0.191 e. The van der Waals surface area contributed by atoms with Crippen LogP contribution in [0.15, 0.2) is 23.2 Å². The highest BCUT2D eigenvalue weighted by Crippen LogP contribution is 2.29. The van der Waals surface area contributed by atoms with Gasteiger partial charge in [0.2, 0.25) is 0 Å². The van der Waals surface area contributed by atoms with E-state index < -0.39 is 6.10 Å². The molecule has 1 aromatic carbocycles. The molecule has 0 aliphatic carbocycles. The van der Waals surface area contributed by atoms with Crippen LogP contribution in [0, 0.1) is 0 Å². The lowest BCUT2D eigenvalue weighted by Gasteiger charge is -2.17. The Labute approximate surface area is 138 Å². The lowest BCUT2D eigenvalue weighted by molar-refractivity contribution is 0.186. The Kier molecular flexibility index (Phi) is 8.26. The number of methoxy groups -OCH3 is 2. The molecule has 2 unspecified atom stereocenters. The van der Waals surface area contributed by atoms with E-state index in [1.807, 2.05) is 13.0 Å². The quantitative estimate of drug-likeness (QED) is 0.504. The molecule has 0 spiro atoms. The molecule has 0 heterocycles. The van der Waals surface area contributed by atoms with Crippen LogP contribution < -0.4 is 20.1 Å². The first-order valence-electron chi connectivity index (χ1n) is 8.00. The molecule has 0 amide bonds. The number of benzene rings is 1. The summed E-state index contributed by atoms with van der Waals surface area (Å²) in [5.74, 6) is 1.94. The maximum absolute atomic E-state index is 10.4. The van der Waals surface area contributed by atoms with E-state index in [1.54, 1.807) is 26.4 Å². The van der Waals surface area contributed by atoms with Crippen molar-refractivity contribution in [2.75, 3.05) is 27.3 Å². The van der Waals surface area contributed by atoms with Crippen molar-refractivity contribution in [1.82, 2.24) is 10.6 Å². The first-order valence-corrected chi connectivity index (χ1v) is 8.00. The number of hydrogen-bond acceptors (Lipinski definition) is 4. The van der Waals surface area contributed by atoms with Gasteiger partial charge in [0.05, 0.1) is 26.9 Å². The molecule has 6 nitrogen and oxygen atoms in total. The maximum atomic E-state index is 10.4. The second kappa shape index (κ2) is 9.94. The molecule has 2 atom stereocenters. The molecule has 3 N–H and O–H groups in total. The molecule has 0 fully saturated rings. The number of aliphatic hydroxyl groups excluding tert-OH is 1. The Hall–Kier alpha value is -1.95. The van der Waals surface area contributed by atoms with Crippen LogP contribution in [-0.4, -0.2) is 44.4 Å². The second-order valence-electron chi connectivity index (χ2n) is 5.30. The van der Waals surface area contributed by atoms with Gasteiger partial charge in [-0.15, -0.1) is 0 Å². The fourth-order valence-corrected chi connectivity index (χ4v) is 2.00. The predicted molar refractivity (Wildman–Crippen MR) is 93.4 cm³/mol. The van der Waals surface area contributed by atoms with Gasteiger partial charge in [-0.1, -0.05) is 13.0 Å². The maximum Gasteiger partial charge on any atom is 0.191 e. The number of guanidine groups is 1. The van der Waals surface area contributed by atoms with Crippen LogP contribution in [0.4, 0.5) is 0 Å². The molecule has 23 heavy (non-hydrogen) atoms. The van der Waals surface area contributed by atoms with E-state index in [2.05, 4.69) is 29.5 Å². The van der Waals surface area contributed by atoms with Crippen LogP contribution in [0.1, 0.15) is 38.9 Å². The van der Waals surface area contributed by atoms with Crippen LogP contribution in [0.5, 0.6) is 11.5 Å². The average Bonchev–Trinajstić information content (AvgIpc) is 2.58. The lowest BCUT2D eigenvalue weighted by Crippen LogP contribution is -2.42. The van der Waals surface area contributed by atoms with E-state index in [1.165, 1.54) is 0 Å². The van der Waals surface area contributed by atoms with Crippen molar-refractivity contribution in [2.45, 2.75) is 39.3 Å². The van der Waals surface area contributed by atoms with Crippen molar-refractivity contribution < 1.29 is 14.6 Å². The average molecular weight is 323 g/mol. The van der Waals surface area contributed by atoms with Crippen LogP contribution in [-0.2, 0) is 0 Å². The van der Waals surface area contributed by atoms with Gasteiger partial charge in [0.1, 0.15) is 0 Å². The lowest BCUT2D eigenvalue weighted by atomic mass is 10.1. The number of aliphatic imine (C=N–C) groups is 1. The summed E-state index contributed by atoms with van der Waals surface area (Å²) in [7, 11) is 3.16. The molecule has 0 aliphatic heterocycles. The van der Waals surface area contributed by atoms with E-state index in [-0.39, 0.29) is 6.54 Å². The van der Waals surface area contributed by atoms with Crippen molar-refractivity contribution in [3.63, 3.8) is 0 Å². The van der Waals surface area contributed by atoms with E-state index >= 15 is 0 Å². The molecule has 130 valence electrons. The van der Waals surface area contributed by atoms with E-state index in [0.29, 0.717) is 23.5 Å². The summed E-state index contributed by atoms with van der Waals surface area (Å²) in [5.41, 5.74) is 0.741. The standard InChI is InChI=1S/C17H29N3O3/c1-6-12(3)20-17(18-7-2)19-11-14(21)13-8-9-15(22-4)16(10-13)23-5/h8-10,12,14,21H,6-7,11H2,1-5H3,(H2,18,19,20). The van der Waals surface area contributed by atoms with Crippen LogP contribution in [0.2, 0.25) is 0 Å². The zero-order valence-electron chi connectivity index (χ0n) is 14.7. The first kappa shape index (κ1) is 19.1.